The Labute approximate surface area is 167 Å². The molecule has 0 atom stereocenters. The van der Waals surface area contributed by atoms with E-state index in [1.165, 1.54) is 11.1 Å². The van der Waals surface area contributed by atoms with Crippen molar-refractivity contribution in [2.75, 3.05) is 6.54 Å². The van der Waals surface area contributed by atoms with E-state index in [1.807, 2.05) is 35.8 Å². The summed E-state index contributed by atoms with van der Waals surface area (Å²) in [5.41, 5.74) is 5.13. The highest BCUT2D eigenvalue weighted by Gasteiger charge is 2.17. The van der Waals surface area contributed by atoms with E-state index in [0.717, 1.165) is 40.1 Å². The van der Waals surface area contributed by atoms with Gasteiger partial charge in [-0.15, -0.1) is 0 Å². The third-order valence-electron chi connectivity index (χ3n) is 4.82. The quantitative estimate of drug-likeness (QED) is 0.567. The van der Waals surface area contributed by atoms with Crippen LogP contribution in [0.15, 0.2) is 47.1 Å². The molecule has 0 spiro atoms. The monoisotopic (exact) mass is 426 g/mol. The maximum atomic E-state index is 12.8. The fraction of sp³-hybridized carbons (Fsp3) is 0.273. The van der Waals surface area contributed by atoms with Crippen LogP contribution in [0.4, 0.5) is 0 Å². The summed E-state index contributed by atoms with van der Waals surface area (Å²) < 4.78 is 2.76. The van der Waals surface area contributed by atoms with E-state index in [4.69, 9.17) is 0 Å². The second-order valence-electron chi connectivity index (χ2n) is 6.61. The van der Waals surface area contributed by atoms with Crippen molar-refractivity contribution in [3.63, 3.8) is 0 Å². The third-order valence-corrected chi connectivity index (χ3v) is 5.28. The van der Waals surface area contributed by atoms with Crippen molar-refractivity contribution in [3.05, 3.63) is 69.3 Å². The number of aldehydes is 1. The second-order valence-corrected chi connectivity index (χ2v) is 7.52. The number of halogens is 1. The minimum absolute atomic E-state index is 0.115. The molecule has 4 nitrogen and oxygen atoms in total. The number of amides is 1. The van der Waals surface area contributed by atoms with Crippen LogP contribution < -0.4 is 5.32 Å². The van der Waals surface area contributed by atoms with Crippen LogP contribution in [0.25, 0.3) is 10.9 Å². The van der Waals surface area contributed by atoms with E-state index >= 15 is 0 Å². The lowest BCUT2D eigenvalue weighted by Crippen LogP contribution is -2.25. The highest BCUT2D eigenvalue weighted by molar-refractivity contribution is 9.10. The second kappa shape index (κ2) is 8.53. The Kier molecular flexibility index (Phi) is 6.11. The highest BCUT2D eigenvalue weighted by atomic mass is 79.9. The van der Waals surface area contributed by atoms with E-state index in [1.54, 1.807) is 6.20 Å². The smallest absolute Gasteiger partial charge is 0.253 e. The molecule has 0 radical (unpaired) electrons. The largest absolute Gasteiger partial charge is 0.352 e. The summed E-state index contributed by atoms with van der Waals surface area (Å²) in [6, 6.07) is 12.2. The number of carbonyl (C=O) groups is 2. The van der Waals surface area contributed by atoms with Gasteiger partial charge >= 0.3 is 0 Å². The summed E-state index contributed by atoms with van der Waals surface area (Å²) in [4.78, 5) is 23.8. The number of nitrogens with zero attached hydrogens (tertiary/aromatic N) is 1. The number of carbonyl (C=O) groups excluding carboxylic acids is 2. The van der Waals surface area contributed by atoms with Gasteiger partial charge in [0.25, 0.3) is 5.91 Å². The molecule has 1 aromatic heterocycles. The van der Waals surface area contributed by atoms with E-state index in [2.05, 4.69) is 40.3 Å². The molecular formula is C22H23BrN2O2. The van der Waals surface area contributed by atoms with Crippen molar-refractivity contribution in [1.29, 1.82) is 0 Å². The lowest BCUT2D eigenvalue weighted by Gasteiger charge is -2.09. The summed E-state index contributed by atoms with van der Waals surface area (Å²) in [6.45, 7) is 4.93. The lowest BCUT2D eigenvalue weighted by atomic mass is 10.0. The average Bonchev–Trinajstić information content (AvgIpc) is 3.01. The Balaban J connectivity index is 1.82. The van der Waals surface area contributed by atoms with Gasteiger partial charge in [0, 0.05) is 22.6 Å². The molecule has 3 aromatic rings. The standard InChI is InChI=1S/C22H23BrN2O2/c1-3-16-6-4-5-7-17(16)8-9-24-22(27)20-14-25(10-11-26)21-15(2)12-18(23)13-19(20)21/h4-7,11-14H,3,8-10H2,1-2H3,(H,24,27). The normalized spacial score (nSPS) is 10.9. The number of hydrogen-bond donors (Lipinski definition) is 1. The molecule has 1 amide bonds. The molecule has 0 fully saturated rings. The Hall–Kier alpha value is -2.40. The summed E-state index contributed by atoms with van der Waals surface area (Å²) >= 11 is 3.50. The molecule has 0 saturated heterocycles. The van der Waals surface area contributed by atoms with E-state index in [9.17, 15) is 9.59 Å². The van der Waals surface area contributed by atoms with Crippen LogP contribution in [0.3, 0.4) is 0 Å². The van der Waals surface area contributed by atoms with Gasteiger partial charge in [-0.3, -0.25) is 4.79 Å². The maximum Gasteiger partial charge on any atom is 0.253 e. The third kappa shape index (κ3) is 4.14. The first-order chi connectivity index (χ1) is 13.0. The van der Waals surface area contributed by atoms with Crippen LogP contribution in [0.1, 0.15) is 34.0 Å². The van der Waals surface area contributed by atoms with Crippen LogP contribution in [0, 0.1) is 6.92 Å². The number of rotatable bonds is 7. The van der Waals surface area contributed by atoms with Gasteiger partial charge in [0.2, 0.25) is 0 Å². The predicted octanol–water partition coefficient (Wildman–Crippen LogP) is 4.45. The minimum atomic E-state index is -0.115. The summed E-state index contributed by atoms with van der Waals surface area (Å²) in [5, 5.41) is 3.89. The molecule has 1 N–H and O–H groups in total. The molecule has 0 aliphatic heterocycles. The minimum Gasteiger partial charge on any atom is -0.352 e. The maximum absolute atomic E-state index is 12.8. The molecule has 3 rings (SSSR count). The van der Waals surface area contributed by atoms with Crippen LogP contribution >= 0.6 is 15.9 Å². The Morgan fingerprint density at radius 1 is 1.22 bits per heavy atom. The number of hydrogen-bond acceptors (Lipinski definition) is 2. The zero-order chi connectivity index (χ0) is 19.4. The van der Waals surface area contributed by atoms with Crippen LogP contribution in [0.2, 0.25) is 0 Å². The molecule has 2 aromatic carbocycles. The molecule has 27 heavy (non-hydrogen) atoms. The fourth-order valence-electron chi connectivity index (χ4n) is 3.57. The first kappa shape index (κ1) is 19.4. The van der Waals surface area contributed by atoms with E-state index in [-0.39, 0.29) is 12.5 Å². The van der Waals surface area contributed by atoms with Gasteiger partial charge in [0.15, 0.2) is 0 Å². The number of fused-ring (bicyclic) bond motifs is 1. The first-order valence-corrected chi connectivity index (χ1v) is 9.92. The topological polar surface area (TPSA) is 51.1 Å². The molecule has 1 heterocycles. The number of nitrogens with one attached hydrogen (secondary N) is 1. The van der Waals surface area contributed by atoms with Gasteiger partial charge < -0.3 is 14.7 Å². The molecule has 140 valence electrons. The van der Waals surface area contributed by atoms with Crippen molar-refractivity contribution in [1.82, 2.24) is 9.88 Å². The van der Waals surface area contributed by atoms with Crippen molar-refractivity contribution in [3.8, 4) is 0 Å². The van der Waals surface area contributed by atoms with Crippen LogP contribution in [-0.4, -0.2) is 23.3 Å². The molecule has 0 unspecified atom stereocenters. The first-order valence-electron chi connectivity index (χ1n) is 9.12. The Morgan fingerprint density at radius 3 is 2.67 bits per heavy atom. The zero-order valence-corrected chi connectivity index (χ0v) is 17.2. The molecule has 0 saturated carbocycles. The van der Waals surface area contributed by atoms with Gasteiger partial charge in [0.05, 0.1) is 17.6 Å². The Bertz CT molecular complexity index is 991. The summed E-state index contributed by atoms with van der Waals surface area (Å²) in [7, 11) is 0. The zero-order valence-electron chi connectivity index (χ0n) is 15.6. The Morgan fingerprint density at radius 2 is 1.96 bits per heavy atom. The molecule has 0 aliphatic carbocycles. The SMILES string of the molecule is CCc1ccccc1CCNC(=O)c1cn(CC=O)c2c(C)cc(Br)cc12. The average molecular weight is 427 g/mol. The van der Waals surface area contributed by atoms with Crippen molar-refractivity contribution < 1.29 is 9.59 Å². The highest BCUT2D eigenvalue weighted by Crippen LogP contribution is 2.28. The van der Waals surface area contributed by atoms with Gasteiger partial charge in [-0.05, 0) is 48.6 Å². The van der Waals surface area contributed by atoms with E-state index < -0.39 is 0 Å². The number of benzene rings is 2. The molecule has 0 bridgehead atoms. The fourth-order valence-corrected chi connectivity index (χ4v) is 4.14. The predicted molar refractivity (Wildman–Crippen MR) is 112 cm³/mol. The molecule has 5 heteroatoms. The van der Waals surface area contributed by atoms with Gasteiger partial charge in [-0.2, -0.15) is 0 Å². The summed E-state index contributed by atoms with van der Waals surface area (Å²) in [6.07, 6.45) is 4.40. The molecular weight excluding hydrogens is 404 g/mol. The van der Waals surface area contributed by atoms with Gasteiger partial charge in [0.1, 0.15) is 6.29 Å². The van der Waals surface area contributed by atoms with Gasteiger partial charge in [-0.1, -0.05) is 47.1 Å². The number of aromatic nitrogens is 1. The summed E-state index contributed by atoms with van der Waals surface area (Å²) in [5.74, 6) is -0.115. The van der Waals surface area contributed by atoms with Crippen LogP contribution in [-0.2, 0) is 24.2 Å². The number of aryl methyl sites for hydroxylation is 2. The van der Waals surface area contributed by atoms with Gasteiger partial charge in [-0.25, -0.2) is 0 Å². The van der Waals surface area contributed by atoms with Crippen molar-refractivity contribution in [2.45, 2.75) is 33.2 Å². The van der Waals surface area contributed by atoms with Crippen LogP contribution in [0.5, 0.6) is 0 Å². The van der Waals surface area contributed by atoms with Crippen molar-refractivity contribution >= 4 is 39.0 Å². The molecule has 0 aliphatic rings. The van der Waals surface area contributed by atoms with Crippen molar-refractivity contribution in [2.24, 2.45) is 0 Å². The lowest BCUT2D eigenvalue weighted by molar-refractivity contribution is -0.108. The van der Waals surface area contributed by atoms with E-state index in [0.29, 0.717) is 12.1 Å².